The molecule has 0 fully saturated rings. The monoisotopic (exact) mass is 245 g/mol. The van der Waals surface area contributed by atoms with Gasteiger partial charge in [0.05, 0.1) is 12.3 Å². The van der Waals surface area contributed by atoms with E-state index >= 15 is 0 Å². The molecular formula is C12H11N3O3. The number of nitrogens with one attached hydrogen (secondary N) is 2. The van der Waals surface area contributed by atoms with Gasteiger partial charge < -0.3 is 5.11 Å². The van der Waals surface area contributed by atoms with Gasteiger partial charge in [-0.25, -0.2) is 24.4 Å². The van der Waals surface area contributed by atoms with Crippen molar-refractivity contribution in [3.63, 3.8) is 0 Å². The quantitative estimate of drug-likeness (QED) is 0.628. The first-order chi connectivity index (χ1) is 8.72. The molecule has 0 unspecified atom stereocenters. The molecule has 18 heavy (non-hydrogen) atoms. The standard InChI is InChI=1S/C12H11N3O3/c16-8-2-1-3-9-4-6-10(7-5-9)15-11(17)13-14-12(15)18/h4-7,16H,2,8H2,(H,13,17)(H,14,18). The van der Waals surface area contributed by atoms with Crippen molar-refractivity contribution in [2.75, 3.05) is 6.61 Å². The van der Waals surface area contributed by atoms with Gasteiger partial charge in [0, 0.05) is 12.0 Å². The largest absolute Gasteiger partial charge is 0.395 e. The van der Waals surface area contributed by atoms with E-state index < -0.39 is 11.4 Å². The van der Waals surface area contributed by atoms with Crippen molar-refractivity contribution < 1.29 is 5.11 Å². The summed E-state index contributed by atoms with van der Waals surface area (Å²) in [5, 5.41) is 13.0. The maximum absolute atomic E-state index is 11.4. The Morgan fingerprint density at radius 1 is 1.11 bits per heavy atom. The van der Waals surface area contributed by atoms with Crippen molar-refractivity contribution in [2.45, 2.75) is 6.42 Å². The third kappa shape index (κ3) is 2.42. The highest BCUT2D eigenvalue weighted by atomic mass is 16.2. The molecule has 0 radical (unpaired) electrons. The summed E-state index contributed by atoms with van der Waals surface area (Å²) < 4.78 is 0.991. The van der Waals surface area contributed by atoms with Crippen LogP contribution in [0.1, 0.15) is 12.0 Å². The van der Waals surface area contributed by atoms with Crippen LogP contribution >= 0.6 is 0 Å². The Hall–Kier alpha value is -2.52. The molecule has 0 aliphatic heterocycles. The van der Waals surface area contributed by atoms with Gasteiger partial charge >= 0.3 is 11.4 Å². The number of aromatic nitrogens is 3. The van der Waals surface area contributed by atoms with Gasteiger partial charge in [-0.3, -0.25) is 0 Å². The first-order valence-corrected chi connectivity index (χ1v) is 5.32. The van der Waals surface area contributed by atoms with Crippen molar-refractivity contribution in [2.24, 2.45) is 0 Å². The summed E-state index contributed by atoms with van der Waals surface area (Å²) in [7, 11) is 0. The Kier molecular flexibility index (Phi) is 3.46. The number of benzene rings is 1. The van der Waals surface area contributed by atoms with E-state index in [1.54, 1.807) is 24.3 Å². The SMILES string of the molecule is O=c1[nH][nH]c(=O)n1-c1ccc(C#CCCO)cc1. The zero-order valence-corrected chi connectivity index (χ0v) is 9.43. The minimum Gasteiger partial charge on any atom is -0.395 e. The van der Waals surface area contributed by atoms with Crippen LogP contribution in [0.25, 0.3) is 5.69 Å². The Labute approximate surface area is 102 Å². The van der Waals surface area contributed by atoms with Gasteiger partial charge in [0.15, 0.2) is 0 Å². The lowest BCUT2D eigenvalue weighted by Crippen LogP contribution is -2.24. The van der Waals surface area contributed by atoms with E-state index in [0.29, 0.717) is 12.1 Å². The van der Waals surface area contributed by atoms with E-state index in [9.17, 15) is 9.59 Å². The average molecular weight is 245 g/mol. The van der Waals surface area contributed by atoms with Crippen LogP contribution in [0.2, 0.25) is 0 Å². The molecule has 1 aromatic carbocycles. The lowest BCUT2D eigenvalue weighted by Gasteiger charge is -1.98. The first-order valence-electron chi connectivity index (χ1n) is 5.32. The predicted molar refractivity (Wildman–Crippen MR) is 65.6 cm³/mol. The van der Waals surface area contributed by atoms with Crippen molar-refractivity contribution in [3.8, 4) is 17.5 Å². The maximum atomic E-state index is 11.4. The topological polar surface area (TPSA) is 90.9 Å². The molecule has 0 saturated heterocycles. The highest BCUT2D eigenvalue weighted by Crippen LogP contribution is 2.04. The molecule has 0 aliphatic rings. The van der Waals surface area contributed by atoms with Crippen LogP contribution < -0.4 is 11.4 Å². The number of hydrogen-bond acceptors (Lipinski definition) is 3. The zero-order valence-electron chi connectivity index (χ0n) is 9.43. The lowest BCUT2D eigenvalue weighted by atomic mass is 10.2. The molecule has 2 rings (SSSR count). The van der Waals surface area contributed by atoms with Crippen LogP contribution in [0.3, 0.4) is 0 Å². The van der Waals surface area contributed by atoms with E-state index in [2.05, 4.69) is 22.0 Å². The predicted octanol–water partition coefficient (Wildman–Crippen LogP) is -0.412. The fourth-order valence-corrected chi connectivity index (χ4v) is 1.46. The molecule has 0 amide bonds. The van der Waals surface area contributed by atoms with Crippen LogP contribution in [0.5, 0.6) is 0 Å². The zero-order chi connectivity index (χ0) is 13.0. The number of nitrogens with zero attached hydrogens (tertiary/aromatic N) is 1. The third-order valence-corrected chi connectivity index (χ3v) is 2.28. The van der Waals surface area contributed by atoms with Gasteiger partial charge in [-0.2, -0.15) is 0 Å². The second-order valence-electron chi connectivity index (χ2n) is 3.52. The summed E-state index contributed by atoms with van der Waals surface area (Å²) in [6, 6.07) is 6.68. The molecule has 6 nitrogen and oxygen atoms in total. The van der Waals surface area contributed by atoms with Crippen LogP contribution in [0, 0.1) is 11.8 Å². The molecule has 0 aliphatic carbocycles. The smallest absolute Gasteiger partial charge is 0.348 e. The lowest BCUT2D eigenvalue weighted by molar-refractivity contribution is 0.305. The van der Waals surface area contributed by atoms with Crippen LogP contribution in [0.15, 0.2) is 33.9 Å². The average Bonchev–Trinajstić information content (AvgIpc) is 2.71. The highest BCUT2D eigenvalue weighted by Gasteiger charge is 2.04. The molecule has 6 heteroatoms. The Morgan fingerprint density at radius 2 is 1.72 bits per heavy atom. The minimum absolute atomic E-state index is 0.0270. The number of H-pyrrole nitrogens is 2. The summed E-state index contributed by atoms with van der Waals surface area (Å²) in [6.45, 7) is 0.0270. The molecule has 3 N–H and O–H groups in total. The van der Waals surface area contributed by atoms with Crippen molar-refractivity contribution in [1.82, 2.24) is 14.8 Å². The van der Waals surface area contributed by atoms with Crippen molar-refractivity contribution in [3.05, 3.63) is 50.8 Å². The normalized spacial score (nSPS) is 9.83. The molecule has 1 aromatic heterocycles. The Bertz CT molecular complexity index is 667. The second kappa shape index (κ2) is 5.21. The van der Waals surface area contributed by atoms with E-state index in [1.807, 2.05) is 0 Å². The second-order valence-corrected chi connectivity index (χ2v) is 3.52. The number of aliphatic hydroxyl groups excluding tert-OH is 1. The van der Waals surface area contributed by atoms with E-state index in [-0.39, 0.29) is 6.61 Å². The number of hydrogen-bond donors (Lipinski definition) is 3. The van der Waals surface area contributed by atoms with Gasteiger partial charge in [-0.05, 0) is 24.3 Å². The number of rotatable bonds is 2. The number of aromatic amines is 2. The maximum Gasteiger partial charge on any atom is 0.348 e. The summed E-state index contributed by atoms with van der Waals surface area (Å²) in [6.07, 6.45) is 0.415. The third-order valence-electron chi connectivity index (χ3n) is 2.28. The van der Waals surface area contributed by atoms with Crippen molar-refractivity contribution >= 4 is 0 Å². The van der Waals surface area contributed by atoms with Gasteiger partial charge in [0.1, 0.15) is 0 Å². The molecule has 2 aromatic rings. The molecule has 0 atom stereocenters. The summed E-state index contributed by atoms with van der Waals surface area (Å²) in [5.41, 5.74) is 0.195. The minimum atomic E-state index is -0.515. The summed E-state index contributed by atoms with van der Waals surface area (Å²) in [4.78, 5) is 22.7. The molecule has 92 valence electrons. The summed E-state index contributed by atoms with van der Waals surface area (Å²) in [5.74, 6) is 5.64. The van der Waals surface area contributed by atoms with E-state index in [4.69, 9.17) is 5.11 Å². The molecule has 0 saturated carbocycles. The molecular weight excluding hydrogens is 234 g/mol. The Morgan fingerprint density at radius 3 is 2.28 bits per heavy atom. The number of aliphatic hydroxyl groups is 1. The van der Waals surface area contributed by atoms with Crippen molar-refractivity contribution in [1.29, 1.82) is 0 Å². The first kappa shape index (κ1) is 12.0. The highest BCUT2D eigenvalue weighted by molar-refractivity contribution is 5.41. The van der Waals surface area contributed by atoms with Gasteiger partial charge in [0.25, 0.3) is 0 Å². The molecule has 0 spiro atoms. The molecule has 0 bridgehead atoms. The van der Waals surface area contributed by atoms with Crippen LogP contribution in [-0.2, 0) is 0 Å². The summed E-state index contributed by atoms with van der Waals surface area (Å²) >= 11 is 0. The molecule has 1 heterocycles. The Balaban J connectivity index is 2.32. The van der Waals surface area contributed by atoms with Gasteiger partial charge in [-0.1, -0.05) is 11.8 Å². The van der Waals surface area contributed by atoms with Gasteiger partial charge in [0.2, 0.25) is 0 Å². The van der Waals surface area contributed by atoms with Gasteiger partial charge in [-0.15, -0.1) is 0 Å². The van der Waals surface area contributed by atoms with E-state index in [1.165, 1.54) is 0 Å². The van der Waals surface area contributed by atoms with Crippen LogP contribution in [0.4, 0.5) is 0 Å². The van der Waals surface area contributed by atoms with Crippen LogP contribution in [-0.4, -0.2) is 26.5 Å². The fraction of sp³-hybridized carbons (Fsp3) is 0.167. The van der Waals surface area contributed by atoms with E-state index in [0.717, 1.165) is 10.1 Å². The fourth-order valence-electron chi connectivity index (χ4n) is 1.46.